The summed E-state index contributed by atoms with van der Waals surface area (Å²) in [7, 11) is 0. The summed E-state index contributed by atoms with van der Waals surface area (Å²) in [6.45, 7) is -0.125. The van der Waals surface area contributed by atoms with Crippen LogP contribution in [0.15, 0.2) is 77.7 Å². The maximum atomic E-state index is 13.1. The molecule has 4 aromatic rings. The minimum Gasteiger partial charge on any atom is -0.399 e. The normalized spacial score (nSPS) is 10.9. The number of nitrogens with zero attached hydrogens (tertiary/aromatic N) is 3. The predicted molar refractivity (Wildman–Crippen MR) is 108 cm³/mol. The molecule has 0 saturated carbocycles. The van der Waals surface area contributed by atoms with Gasteiger partial charge in [-0.05, 0) is 29.8 Å². The topological polar surface area (TPSA) is 90.9 Å². The first-order valence-corrected chi connectivity index (χ1v) is 8.89. The van der Waals surface area contributed by atoms with Crippen molar-refractivity contribution in [1.29, 1.82) is 0 Å². The minimum absolute atomic E-state index is 0.125. The number of ketones is 1. The number of rotatable bonds is 5. The molecule has 0 aliphatic carbocycles. The Morgan fingerprint density at radius 1 is 1.00 bits per heavy atom. The highest BCUT2D eigenvalue weighted by molar-refractivity contribution is 5.97. The molecular weight excluding hydrogens is 352 g/mol. The molecule has 0 fully saturated rings. The van der Waals surface area contributed by atoms with E-state index in [1.807, 2.05) is 30.3 Å². The number of benzene rings is 2. The zero-order valence-corrected chi connectivity index (χ0v) is 15.1. The van der Waals surface area contributed by atoms with Crippen LogP contribution in [0.3, 0.4) is 0 Å². The Balaban J connectivity index is 1.79. The van der Waals surface area contributed by atoms with Gasteiger partial charge in [-0.1, -0.05) is 42.5 Å². The largest absolute Gasteiger partial charge is 0.399 e. The van der Waals surface area contributed by atoms with Crippen molar-refractivity contribution in [3.8, 4) is 0 Å². The molecule has 0 aliphatic heterocycles. The molecular formula is C22H18N4O2. The van der Waals surface area contributed by atoms with E-state index in [4.69, 9.17) is 5.73 Å². The molecule has 0 radical (unpaired) electrons. The van der Waals surface area contributed by atoms with Gasteiger partial charge in [-0.2, -0.15) is 0 Å². The highest BCUT2D eigenvalue weighted by Gasteiger charge is 2.16. The SMILES string of the molecule is Nc1cccc(C(=O)Cn2c(=O)c(Cc3ccccc3)nc3cccnc32)c1. The number of hydrogen-bond donors (Lipinski definition) is 1. The summed E-state index contributed by atoms with van der Waals surface area (Å²) in [5, 5.41) is 0. The van der Waals surface area contributed by atoms with Crippen molar-refractivity contribution in [1.82, 2.24) is 14.5 Å². The van der Waals surface area contributed by atoms with Crippen molar-refractivity contribution >= 4 is 22.6 Å². The first kappa shape index (κ1) is 17.6. The fourth-order valence-electron chi connectivity index (χ4n) is 3.13. The van der Waals surface area contributed by atoms with Gasteiger partial charge in [0.1, 0.15) is 11.2 Å². The van der Waals surface area contributed by atoms with Crippen molar-refractivity contribution in [2.45, 2.75) is 13.0 Å². The zero-order valence-electron chi connectivity index (χ0n) is 15.1. The first-order valence-electron chi connectivity index (χ1n) is 8.89. The number of nitrogens with two attached hydrogens (primary N) is 1. The second-order valence-electron chi connectivity index (χ2n) is 6.51. The molecule has 2 aromatic heterocycles. The Morgan fingerprint density at radius 2 is 1.82 bits per heavy atom. The van der Waals surface area contributed by atoms with E-state index in [0.717, 1.165) is 5.56 Å². The van der Waals surface area contributed by atoms with Crippen LogP contribution in [-0.2, 0) is 13.0 Å². The molecule has 0 amide bonds. The number of hydrogen-bond acceptors (Lipinski definition) is 5. The van der Waals surface area contributed by atoms with Crippen LogP contribution in [0.5, 0.6) is 0 Å². The van der Waals surface area contributed by atoms with Crippen molar-refractivity contribution in [2.24, 2.45) is 0 Å². The van der Waals surface area contributed by atoms with E-state index in [9.17, 15) is 9.59 Å². The highest BCUT2D eigenvalue weighted by Crippen LogP contribution is 2.13. The second kappa shape index (κ2) is 7.44. The van der Waals surface area contributed by atoms with Gasteiger partial charge >= 0.3 is 0 Å². The van der Waals surface area contributed by atoms with Crippen LogP contribution in [0, 0.1) is 0 Å². The third-order valence-electron chi connectivity index (χ3n) is 4.49. The highest BCUT2D eigenvalue weighted by atomic mass is 16.1. The molecule has 138 valence electrons. The van der Waals surface area contributed by atoms with Crippen molar-refractivity contribution in [3.63, 3.8) is 0 Å². The molecule has 6 heteroatoms. The van der Waals surface area contributed by atoms with Crippen LogP contribution in [0.25, 0.3) is 11.2 Å². The van der Waals surface area contributed by atoms with Crippen LogP contribution < -0.4 is 11.3 Å². The third kappa shape index (κ3) is 3.53. The van der Waals surface area contributed by atoms with Crippen LogP contribution in [0.1, 0.15) is 21.6 Å². The maximum Gasteiger partial charge on any atom is 0.274 e. The first-order chi connectivity index (χ1) is 13.6. The second-order valence-corrected chi connectivity index (χ2v) is 6.51. The molecule has 0 bridgehead atoms. The number of fused-ring (bicyclic) bond motifs is 1. The Morgan fingerprint density at radius 3 is 2.61 bits per heavy atom. The lowest BCUT2D eigenvalue weighted by molar-refractivity contribution is 0.0972. The van der Waals surface area contributed by atoms with Crippen LogP contribution in [0.4, 0.5) is 5.69 Å². The fraction of sp³-hybridized carbons (Fsp3) is 0.0909. The van der Waals surface area contributed by atoms with Gasteiger partial charge in [0.05, 0.1) is 6.54 Å². The molecule has 4 rings (SSSR count). The predicted octanol–water partition coefficient (Wildman–Crippen LogP) is 2.85. The van der Waals surface area contributed by atoms with E-state index in [-0.39, 0.29) is 17.9 Å². The van der Waals surface area contributed by atoms with Crippen LogP contribution in [-0.4, -0.2) is 20.3 Å². The summed E-state index contributed by atoms with van der Waals surface area (Å²) in [5.74, 6) is -0.210. The summed E-state index contributed by atoms with van der Waals surface area (Å²) in [6.07, 6.45) is 1.97. The summed E-state index contributed by atoms with van der Waals surface area (Å²) in [4.78, 5) is 34.6. The van der Waals surface area contributed by atoms with Gasteiger partial charge in [0.15, 0.2) is 11.4 Å². The fourth-order valence-corrected chi connectivity index (χ4v) is 3.13. The number of carbonyl (C=O) groups is 1. The van der Waals surface area contributed by atoms with Gasteiger partial charge in [0.25, 0.3) is 5.56 Å². The van der Waals surface area contributed by atoms with E-state index in [1.54, 1.807) is 42.6 Å². The summed E-state index contributed by atoms with van der Waals surface area (Å²) in [6, 6.07) is 19.9. The number of carbonyl (C=O) groups excluding carboxylic acids is 1. The van der Waals surface area contributed by atoms with E-state index in [0.29, 0.717) is 34.5 Å². The van der Waals surface area contributed by atoms with Gasteiger partial charge in [0, 0.05) is 23.9 Å². The van der Waals surface area contributed by atoms with Crippen molar-refractivity contribution in [3.05, 3.63) is 100 Å². The molecule has 0 unspecified atom stereocenters. The third-order valence-corrected chi connectivity index (χ3v) is 4.49. The number of pyridine rings is 1. The molecule has 2 aromatic carbocycles. The monoisotopic (exact) mass is 370 g/mol. The van der Waals surface area contributed by atoms with Gasteiger partial charge in [-0.25, -0.2) is 9.97 Å². The van der Waals surface area contributed by atoms with Gasteiger partial charge in [-0.15, -0.1) is 0 Å². The lowest BCUT2D eigenvalue weighted by Crippen LogP contribution is -2.29. The Labute approximate surface area is 161 Å². The summed E-state index contributed by atoms with van der Waals surface area (Å²) >= 11 is 0. The molecule has 2 heterocycles. The zero-order chi connectivity index (χ0) is 19.5. The number of nitrogen functional groups attached to an aromatic ring is 1. The summed E-state index contributed by atoms with van der Waals surface area (Å²) in [5.41, 5.74) is 8.75. The number of aromatic nitrogens is 3. The number of anilines is 1. The van der Waals surface area contributed by atoms with Crippen molar-refractivity contribution in [2.75, 3.05) is 5.73 Å². The summed E-state index contributed by atoms with van der Waals surface area (Å²) < 4.78 is 1.39. The molecule has 28 heavy (non-hydrogen) atoms. The Kier molecular flexibility index (Phi) is 4.68. The smallest absolute Gasteiger partial charge is 0.274 e. The molecule has 2 N–H and O–H groups in total. The Hall–Kier alpha value is -3.80. The van der Waals surface area contributed by atoms with Crippen LogP contribution in [0.2, 0.25) is 0 Å². The van der Waals surface area contributed by atoms with Crippen LogP contribution >= 0.6 is 0 Å². The average Bonchev–Trinajstić information content (AvgIpc) is 2.71. The Bertz CT molecular complexity index is 1220. The maximum absolute atomic E-state index is 13.1. The molecule has 0 saturated heterocycles. The van der Waals surface area contributed by atoms with E-state index < -0.39 is 0 Å². The average molecular weight is 370 g/mol. The van der Waals surface area contributed by atoms with Crippen molar-refractivity contribution < 1.29 is 4.79 Å². The van der Waals surface area contributed by atoms with E-state index >= 15 is 0 Å². The lowest BCUT2D eigenvalue weighted by Gasteiger charge is -2.11. The van der Waals surface area contributed by atoms with Gasteiger partial charge in [-0.3, -0.25) is 14.2 Å². The number of Topliss-reactive ketones (excluding diaryl/α,β-unsaturated/α-hetero) is 1. The molecule has 0 atom stereocenters. The van der Waals surface area contributed by atoms with Gasteiger partial charge in [0.2, 0.25) is 0 Å². The molecule has 0 spiro atoms. The minimum atomic E-state index is -0.313. The van der Waals surface area contributed by atoms with Gasteiger partial charge < -0.3 is 5.73 Å². The lowest BCUT2D eigenvalue weighted by atomic mass is 10.1. The van der Waals surface area contributed by atoms with E-state index in [1.165, 1.54) is 4.57 Å². The molecule has 6 nitrogen and oxygen atoms in total. The quantitative estimate of drug-likeness (QED) is 0.431. The molecule has 0 aliphatic rings. The van der Waals surface area contributed by atoms with E-state index in [2.05, 4.69) is 9.97 Å². The standard InChI is InChI=1S/C22H18N4O2/c23-17-9-4-8-16(13-17)20(27)14-26-21-18(10-5-11-24-21)25-19(22(26)28)12-15-6-2-1-3-7-15/h1-11,13H,12,14,23H2.